The fourth-order valence-electron chi connectivity index (χ4n) is 1.27. The molecule has 0 radical (unpaired) electrons. The smallest absolute Gasteiger partial charge is 0.408 e. The quantitative estimate of drug-likeness (QED) is 0.586. The van der Waals surface area contributed by atoms with E-state index in [0.29, 0.717) is 0 Å². The molecule has 0 aromatic heterocycles. The van der Waals surface area contributed by atoms with Crippen molar-refractivity contribution in [3.8, 4) is 0 Å². The highest BCUT2D eigenvalue weighted by Gasteiger charge is 2.05. The van der Waals surface area contributed by atoms with Crippen molar-refractivity contribution in [2.45, 2.75) is 6.61 Å². The van der Waals surface area contributed by atoms with Crippen LogP contribution in [-0.2, 0) is 25.7 Å². The number of hydrogen-bond acceptors (Lipinski definition) is 5. The Morgan fingerprint density at radius 3 is 2.43 bits per heavy atom. The van der Waals surface area contributed by atoms with E-state index in [4.69, 9.17) is 9.84 Å². The van der Waals surface area contributed by atoms with E-state index in [9.17, 15) is 14.4 Å². The molecule has 0 bridgehead atoms. The third-order valence-electron chi connectivity index (χ3n) is 2.19. The molecular weight excluding hydrogens is 280 g/mol. The molecule has 1 aromatic rings. The second kappa shape index (κ2) is 9.32. The Hall–Kier alpha value is -2.61. The Balaban J connectivity index is 2.07. The van der Waals surface area contributed by atoms with Crippen LogP contribution in [0, 0.1) is 0 Å². The first-order valence-electron chi connectivity index (χ1n) is 6.08. The molecule has 0 aliphatic carbocycles. The van der Waals surface area contributed by atoms with Crippen LogP contribution in [-0.4, -0.2) is 43.0 Å². The van der Waals surface area contributed by atoms with Crippen molar-refractivity contribution in [3.63, 3.8) is 0 Å². The Morgan fingerprint density at radius 2 is 1.76 bits per heavy atom. The van der Waals surface area contributed by atoms with Gasteiger partial charge in [0, 0.05) is 0 Å². The predicted molar refractivity (Wildman–Crippen MR) is 71.2 cm³/mol. The zero-order valence-electron chi connectivity index (χ0n) is 11.2. The van der Waals surface area contributed by atoms with Gasteiger partial charge >= 0.3 is 12.1 Å². The van der Waals surface area contributed by atoms with Crippen LogP contribution in [0.25, 0.3) is 0 Å². The molecule has 1 aromatic carbocycles. The van der Waals surface area contributed by atoms with Crippen molar-refractivity contribution in [1.82, 2.24) is 10.6 Å². The minimum Gasteiger partial charge on any atom is -0.480 e. The van der Waals surface area contributed by atoms with Gasteiger partial charge in [-0.3, -0.25) is 4.79 Å². The second-order valence-electron chi connectivity index (χ2n) is 3.90. The number of alkyl carbamates (subject to hydrolysis) is 1. The highest BCUT2D eigenvalue weighted by Crippen LogP contribution is 2.00. The molecule has 0 heterocycles. The monoisotopic (exact) mass is 296 g/mol. The highest BCUT2D eigenvalue weighted by atomic mass is 16.5. The molecule has 2 amide bonds. The van der Waals surface area contributed by atoms with Crippen molar-refractivity contribution in [2.24, 2.45) is 0 Å². The van der Waals surface area contributed by atoms with Crippen LogP contribution in [0.3, 0.4) is 0 Å². The number of carboxylic acid groups (broad SMARTS) is 1. The molecule has 114 valence electrons. The molecule has 0 unspecified atom stereocenters. The standard InChI is InChI=1S/C13H16N2O6/c16-11(7-20-8-12(17)18)14-9-15-13(19)21-6-10-4-2-1-3-5-10/h1-5H,6-9H2,(H,14,16)(H,15,19)(H,17,18). The molecule has 0 saturated heterocycles. The largest absolute Gasteiger partial charge is 0.480 e. The minimum absolute atomic E-state index is 0.127. The number of nitrogens with one attached hydrogen (secondary N) is 2. The average Bonchev–Trinajstić information content (AvgIpc) is 2.46. The molecule has 1 rings (SSSR count). The number of hydrogen-bond donors (Lipinski definition) is 3. The Kier molecular flexibility index (Phi) is 7.30. The second-order valence-corrected chi connectivity index (χ2v) is 3.90. The lowest BCUT2D eigenvalue weighted by atomic mass is 10.2. The van der Waals surface area contributed by atoms with Gasteiger partial charge in [0.05, 0.1) is 6.67 Å². The topological polar surface area (TPSA) is 114 Å². The lowest BCUT2D eigenvalue weighted by Crippen LogP contribution is -2.39. The van der Waals surface area contributed by atoms with Crippen molar-refractivity contribution in [1.29, 1.82) is 0 Å². The average molecular weight is 296 g/mol. The Morgan fingerprint density at radius 1 is 1.05 bits per heavy atom. The van der Waals surface area contributed by atoms with E-state index in [2.05, 4.69) is 15.4 Å². The number of aliphatic carboxylic acids is 1. The number of benzene rings is 1. The van der Waals surface area contributed by atoms with Gasteiger partial charge in [-0.25, -0.2) is 9.59 Å². The summed E-state index contributed by atoms with van der Waals surface area (Å²) in [6.45, 7) is -0.960. The van der Waals surface area contributed by atoms with Crippen LogP contribution < -0.4 is 10.6 Å². The summed E-state index contributed by atoms with van der Waals surface area (Å²) in [6.07, 6.45) is -0.675. The van der Waals surface area contributed by atoms with Gasteiger partial charge in [-0.15, -0.1) is 0 Å². The zero-order chi connectivity index (χ0) is 15.5. The number of ether oxygens (including phenoxy) is 2. The summed E-state index contributed by atoms with van der Waals surface area (Å²) < 4.78 is 9.48. The third kappa shape index (κ3) is 8.22. The highest BCUT2D eigenvalue weighted by molar-refractivity contribution is 5.78. The van der Waals surface area contributed by atoms with Gasteiger partial charge in [0.25, 0.3) is 0 Å². The van der Waals surface area contributed by atoms with Gasteiger partial charge in [-0.1, -0.05) is 30.3 Å². The summed E-state index contributed by atoms with van der Waals surface area (Å²) in [5, 5.41) is 12.9. The van der Waals surface area contributed by atoms with Crippen LogP contribution in [0.15, 0.2) is 30.3 Å². The molecule has 0 aliphatic rings. The molecule has 0 spiro atoms. The molecule has 0 saturated carbocycles. The van der Waals surface area contributed by atoms with Gasteiger partial charge in [0.15, 0.2) is 0 Å². The van der Waals surface area contributed by atoms with E-state index < -0.39 is 31.2 Å². The number of carboxylic acids is 1. The Labute approximate surface area is 121 Å². The van der Waals surface area contributed by atoms with E-state index >= 15 is 0 Å². The molecule has 0 fully saturated rings. The van der Waals surface area contributed by atoms with Gasteiger partial charge < -0.3 is 25.2 Å². The van der Waals surface area contributed by atoms with E-state index in [1.165, 1.54) is 0 Å². The zero-order valence-corrected chi connectivity index (χ0v) is 11.2. The van der Waals surface area contributed by atoms with Crippen LogP contribution in [0.1, 0.15) is 5.56 Å². The van der Waals surface area contributed by atoms with Gasteiger partial charge in [-0.2, -0.15) is 0 Å². The third-order valence-corrected chi connectivity index (χ3v) is 2.19. The number of carbonyl (C=O) groups is 3. The summed E-state index contributed by atoms with van der Waals surface area (Å²) >= 11 is 0. The first-order chi connectivity index (χ1) is 10.1. The molecule has 8 nitrogen and oxygen atoms in total. The van der Waals surface area contributed by atoms with Crippen LogP contribution in [0.5, 0.6) is 0 Å². The van der Waals surface area contributed by atoms with Crippen molar-refractivity contribution in [3.05, 3.63) is 35.9 Å². The van der Waals surface area contributed by atoms with Crippen molar-refractivity contribution < 1.29 is 29.0 Å². The van der Waals surface area contributed by atoms with Gasteiger partial charge in [-0.05, 0) is 5.56 Å². The number of amides is 2. The van der Waals surface area contributed by atoms with Crippen molar-refractivity contribution in [2.75, 3.05) is 19.9 Å². The van der Waals surface area contributed by atoms with E-state index in [1.807, 2.05) is 30.3 Å². The summed E-state index contributed by atoms with van der Waals surface area (Å²) in [4.78, 5) is 32.6. The van der Waals surface area contributed by atoms with Crippen LogP contribution in [0.2, 0.25) is 0 Å². The van der Waals surface area contributed by atoms with Crippen LogP contribution in [0.4, 0.5) is 4.79 Å². The molecule has 21 heavy (non-hydrogen) atoms. The first-order valence-corrected chi connectivity index (χ1v) is 6.08. The lowest BCUT2D eigenvalue weighted by Gasteiger charge is -2.08. The van der Waals surface area contributed by atoms with E-state index in [-0.39, 0.29) is 13.3 Å². The molecule has 0 aliphatic heterocycles. The fraction of sp³-hybridized carbons (Fsp3) is 0.308. The number of carbonyl (C=O) groups excluding carboxylic acids is 2. The van der Waals surface area contributed by atoms with Crippen molar-refractivity contribution >= 4 is 18.0 Å². The maximum absolute atomic E-state index is 11.3. The molecular formula is C13H16N2O6. The maximum Gasteiger partial charge on any atom is 0.408 e. The van der Waals surface area contributed by atoms with Gasteiger partial charge in [0.1, 0.15) is 19.8 Å². The summed E-state index contributed by atoms with van der Waals surface area (Å²) in [6, 6.07) is 9.14. The first kappa shape index (κ1) is 16.4. The fourth-order valence-corrected chi connectivity index (χ4v) is 1.27. The maximum atomic E-state index is 11.3. The van der Waals surface area contributed by atoms with E-state index in [0.717, 1.165) is 5.56 Å². The molecule has 8 heteroatoms. The summed E-state index contributed by atoms with van der Waals surface area (Å²) in [5.41, 5.74) is 0.846. The normalized spacial score (nSPS) is 9.71. The SMILES string of the molecule is O=C(O)COCC(=O)NCNC(=O)OCc1ccccc1. The van der Waals surface area contributed by atoms with Gasteiger partial charge in [0.2, 0.25) is 5.91 Å². The molecule has 3 N–H and O–H groups in total. The predicted octanol–water partition coefficient (Wildman–Crippen LogP) is 0.0877. The molecule has 0 atom stereocenters. The summed E-state index contributed by atoms with van der Waals surface area (Å²) in [7, 11) is 0. The minimum atomic E-state index is -1.16. The van der Waals surface area contributed by atoms with E-state index in [1.54, 1.807) is 0 Å². The number of rotatable bonds is 8. The summed E-state index contributed by atoms with van der Waals surface area (Å²) in [5.74, 6) is -1.70. The lowest BCUT2D eigenvalue weighted by molar-refractivity contribution is -0.143. The Bertz CT molecular complexity index is 477. The van der Waals surface area contributed by atoms with Crippen LogP contribution >= 0.6 is 0 Å².